The van der Waals surface area contributed by atoms with Crippen LogP contribution >= 0.6 is 0 Å². The number of carbonyl (C=O) groups is 1. The molecule has 4 aromatic rings. The van der Waals surface area contributed by atoms with Crippen LogP contribution in [0, 0.1) is 12.7 Å². The molecule has 0 atom stereocenters. The van der Waals surface area contributed by atoms with Crippen molar-refractivity contribution in [3.05, 3.63) is 71.7 Å². The smallest absolute Gasteiger partial charge is 0.254 e. The van der Waals surface area contributed by atoms with Crippen LogP contribution in [0.4, 0.5) is 4.39 Å². The number of pyridine rings is 1. The lowest BCUT2D eigenvalue weighted by atomic mass is 10.00. The van der Waals surface area contributed by atoms with Gasteiger partial charge >= 0.3 is 0 Å². The Morgan fingerprint density at radius 2 is 1.94 bits per heavy atom. The highest BCUT2D eigenvalue weighted by Crippen LogP contribution is 2.31. The van der Waals surface area contributed by atoms with Gasteiger partial charge in [-0.2, -0.15) is 5.10 Å². The molecule has 2 aromatic heterocycles. The lowest BCUT2D eigenvalue weighted by Crippen LogP contribution is -2.40. The monoisotopic (exact) mass is 416 g/mol. The molecule has 1 fully saturated rings. The first-order valence-electron chi connectivity index (χ1n) is 10.2. The second-order valence-electron chi connectivity index (χ2n) is 7.64. The van der Waals surface area contributed by atoms with Crippen LogP contribution in [0.15, 0.2) is 54.7 Å². The number of hydrogen-bond donors (Lipinski definition) is 1. The van der Waals surface area contributed by atoms with Crippen molar-refractivity contribution >= 4 is 16.9 Å². The van der Waals surface area contributed by atoms with Crippen LogP contribution in [0.25, 0.3) is 33.4 Å². The van der Waals surface area contributed by atoms with Crippen LogP contribution in [-0.2, 0) is 4.74 Å². The minimum absolute atomic E-state index is 0.00474. The summed E-state index contributed by atoms with van der Waals surface area (Å²) >= 11 is 0. The number of aryl methyl sites for hydroxylation is 1. The van der Waals surface area contributed by atoms with Crippen molar-refractivity contribution in [2.45, 2.75) is 6.92 Å². The van der Waals surface area contributed by atoms with E-state index in [1.807, 2.05) is 42.2 Å². The van der Waals surface area contributed by atoms with Gasteiger partial charge in [0.2, 0.25) is 0 Å². The van der Waals surface area contributed by atoms with Gasteiger partial charge in [-0.15, -0.1) is 0 Å². The van der Waals surface area contributed by atoms with Crippen molar-refractivity contribution in [2.75, 3.05) is 26.3 Å². The fourth-order valence-corrected chi connectivity index (χ4v) is 3.94. The zero-order valence-electron chi connectivity index (χ0n) is 17.1. The van der Waals surface area contributed by atoms with Gasteiger partial charge in [-0.1, -0.05) is 12.1 Å². The average Bonchev–Trinajstić information content (AvgIpc) is 3.22. The molecule has 6 nitrogen and oxygen atoms in total. The summed E-state index contributed by atoms with van der Waals surface area (Å²) in [4.78, 5) is 19.2. The highest BCUT2D eigenvalue weighted by Gasteiger charge is 2.19. The second-order valence-corrected chi connectivity index (χ2v) is 7.64. The fourth-order valence-electron chi connectivity index (χ4n) is 3.94. The van der Waals surface area contributed by atoms with Crippen molar-refractivity contribution in [1.29, 1.82) is 0 Å². The molecule has 0 bridgehead atoms. The van der Waals surface area contributed by atoms with Gasteiger partial charge in [0.15, 0.2) is 5.65 Å². The van der Waals surface area contributed by atoms with Gasteiger partial charge in [-0.05, 0) is 54.4 Å². The first-order valence-corrected chi connectivity index (χ1v) is 10.2. The van der Waals surface area contributed by atoms with Crippen LogP contribution in [0.1, 0.15) is 15.9 Å². The Balaban J connectivity index is 1.53. The number of H-pyrrole nitrogens is 1. The minimum atomic E-state index is -0.276. The average molecular weight is 416 g/mol. The summed E-state index contributed by atoms with van der Waals surface area (Å²) < 4.78 is 18.9. The summed E-state index contributed by atoms with van der Waals surface area (Å²) in [5, 5.41) is 8.21. The van der Waals surface area contributed by atoms with Gasteiger partial charge < -0.3 is 9.64 Å². The van der Waals surface area contributed by atoms with Crippen LogP contribution < -0.4 is 0 Å². The van der Waals surface area contributed by atoms with Crippen LogP contribution in [0.2, 0.25) is 0 Å². The third-order valence-electron chi connectivity index (χ3n) is 5.60. The lowest BCUT2D eigenvalue weighted by Gasteiger charge is -2.27. The molecule has 2 aromatic carbocycles. The molecule has 0 saturated carbocycles. The summed E-state index contributed by atoms with van der Waals surface area (Å²) in [6, 6.07) is 14.2. The number of amides is 1. The Kier molecular flexibility index (Phi) is 4.95. The first kappa shape index (κ1) is 19.4. The van der Waals surface area contributed by atoms with Gasteiger partial charge in [-0.3, -0.25) is 9.89 Å². The molecular weight excluding hydrogens is 395 g/mol. The van der Waals surface area contributed by atoms with Gasteiger partial charge in [0, 0.05) is 41.4 Å². The maximum Gasteiger partial charge on any atom is 0.254 e. The Morgan fingerprint density at radius 1 is 1.10 bits per heavy atom. The molecule has 0 aliphatic carbocycles. The molecule has 3 heterocycles. The number of aromatic nitrogens is 3. The minimum Gasteiger partial charge on any atom is -0.378 e. The molecule has 1 aliphatic rings. The third kappa shape index (κ3) is 3.68. The van der Waals surface area contributed by atoms with E-state index in [4.69, 9.17) is 4.74 Å². The predicted octanol–water partition coefficient (Wildman–Crippen LogP) is 4.21. The number of morpholine rings is 1. The fraction of sp³-hybridized carbons (Fsp3) is 0.208. The number of nitrogens with one attached hydrogen (secondary N) is 1. The van der Waals surface area contributed by atoms with E-state index in [9.17, 15) is 9.18 Å². The number of nitrogens with zero attached hydrogens (tertiary/aromatic N) is 3. The van der Waals surface area contributed by atoms with Crippen molar-refractivity contribution < 1.29 is 13.9 Å². The van der Waals surface area contributed by atoms with Crippen molar-refractivity contribution in [2.24, 2.45) is 0 Å². The molecule has 1 saturated heterocycles. The number of hydrogen-bond acceptors (Lipinski definition) is 4. The SMILES string of the molecule is Cc1cc(F)ccc1-c1n[nH]c2ncc(-c3cccc(C(=O)N4CCOCC4)c3)cc12. The Labute approximate surface area is 178 Å². The summed E-state index contributed by atoms with van der Waals surface area (Å²) in [6.07, 6.45) is 1.76. The molecule has 31 heavy (non-hydrogen) atoms. The van der Waals surface area contributed by atoms with Crippen molar-refractivity contribution in [3.63, 3.8) is 0 Å². The van der Waals surface area contributed by atoms with Crippen LogP contribution in [0.3, 0.4) is 0 Å². The third-order valence-corrected chi connectivity index (χ3v) is 5.60. The number of ether oxygens (including phenoxy) is 1. The van der Waals surface area contributed by atoms with Gasteiger partial charge in [-0.25, -0.2) is 9.37 Å². The predicted molar refractivity (Wildman–Crippen MR) is 116 cm³/mol. The van der Waals surface area contributed by atoms with E-state index in [1.165, 1.54) is 12.1 Å². The van der Waals surface area contributed by atoms with Crippen LogP contribution in [0.5, 0.6) is 0 Å². The molecule has 5 rings (SSSR count). The second kappa shape index (κ2) is 7.92. The molecule has 7 heteroatoms. The Morgan fingerprint density at radius 3 is 2.74 bits per heavy atom. The van der Waals surface area contributed by atoms with E-state index in [-0.39, 0.29) is 11.7 Å². The topological polar surface area (TPSA) is 71.1 Å². The molecular formula is C24H21FN4O2. The number of benzene rings is 2. The number of halogens is 1. The molecule has 1 amide bonds. The number of rotatable bonds is 3. The molecule has 1 aliphatic heterocycles. The highest BCUT2D eigenvalue weighted by atomic mass is 19.1. The van der Waals surface area contributed by atoms with Crippen molar-refractivity contribution in [1.82, 2.24) is 20.1 Å². The van der Waals surface area contributed by atoms with E-state index < -0.39 is 0 Å². The van der Waals surface area contributed by atoms with E-state index >= 15 is 0 Å². The molecule has 156 valence electrons. The van der Waals surface area contributed by atoms with E-state index in [2.05, 4.69) is 15.2 Å². The Bertz CT molecular complexity index is 1280. The van der Waals surface area contributed by atoms with E-state index in [0.29, 0.717) is 37.5 Å². The quantitative estimate of drug-likeness (QED) is 0.543. The zero-order valence-corrected chi connectivity index (χ0v) is 17.1. The van der Waals surface area contributed by atoms with Gasteiger partial charge in [0.05, 0.1) is 13.2 Å². The van der Waals surface area contributed by atoms with Crippen LogP contribution in [-0.4, -0.2) is 52.3 Å². The molecule has 0 unspecified atom stereocenters. The number of fused-ring (bicyclic) bond motifs is 1. The van der Waals surface area contributed by atoms with E-state index in [1.54, 1.807) is 12.3 Å². The lowest BCUT2D eigenvalue weighted by molar-refractivity contribution is 0.0303. The standard InChI is InChI=1S/C24H21FN4O2/c1-15-11-19(25)5-6-20(15)22-21-13-18(14-26-23(21)28-27-22)16-3-2-4-17(12-16)24(30)29-7-9-31-10-8-29/h2-6,11-14H,7-10H2,1H3,(H,26,27,28). The number of aromatic amines is 1. The summed E-state index contributed by atoms with van der Waals surface area (Å²) in [5.41, 5.74) is 5.45. The summed E-state index contributed by atoms with van der Waals surface area (Å²) in [5.74, 6) is -0.272. The highest BCUT2D eigenvalue weighted by molar-refractivity contribution is 5.97. The molecule has 0 spiro atoms. The summed E-state index contributed by atoms with van der Waals surface area (Å²) in [6.45, 7) is 4.20. The maximum atomic E-state index is 13.5. The van der Waals surface area contributed by atoms with E-state index in [0.717, 1.165) is 33.3 Å². The number of carbonyl (C=O) groups excluding carboxylic acids is 1. The maximum absolute atomic E-state index is 13.5. The normalized spacial score (nSPS) is 14.2. The molecule has 1 N–H and O–H groups in total. The van der Waals surface area contributed by atoms with Gasteiger partial charge in [0.25, 0.3) is 5.91 Å². The zero-order chi connectivity index (χ0) is 21.4. The van der Waals surface area contributed by atoms with Gasteiger partial charge in [0.1, 0.15) is 11.5 Å². The first-order chi connectivity index (χ1) is 15.1. The molecule has 0 radical (unpaired) electrons. The largest absolute Gasteiger partial charge is 0.378 e. The van der Waals surface area contributed by atoms with Crippen molar-refractivity contribution in [3.8, 4) is 22.4 Å². The Hall–Kier alpha value is -3.58. The summed E-state index contributed by atoms with van der Waals surface area (Å²) in [7, 11) is 0.